The molecule has 6 nitrogen and oxygen atoms in total. The Hall–Kier alpha value is -2.37. The third-order valence-electron chi connectivity index (χ3n) is 6.15. The van der Waals surface area contributed by atoms with Gasteiger partial charge in [-0.15, -0.1) is 0 Å². The average molecular weight is 386 g/mol. The highest BCUT2D eigenvalue weighted by Crippen LogP contribution is 2.50. The van der Waals surface area contributed by atoms with Crippen LogP contribution in [0, 0.1) is 0 Å². The summed E-state index contributed by atoms with van der Waals surface area (Å²) in [7, 11) is 1.34. The van der Waals surface area contributed by atoms with E-state index in [1.165, 1.54) is 7.11 Å². The minimum atomic E-state index is -0.462. The molecule has 1 N–H and O–H groups in total. The van der Waals surface area contributed by atoms with E-state index in [2.05, 4.69) is 17.0 Å². The van der Waals surface area contributed by atoms with Gasteiger partial charge in [0.2, 0.25) is 5.91 Å². The molecule has 1 saturated carbocycles. The van der Waals surface area contributed by atoms with Gasteiger partial charge in [0.05, 0.1) is 25.0 Å². The van der Waals surface area contributed by atoms with E-state index in [0.717, 1.165) is 44.1 Å². The summed E-state index contributed by atoms with van der Waals surface area (Å²) in [5.41, 5.74) is 0.984. The molecule has 28 heavy (non-hydrogen) atoms. The van der Waals surface area contributed by atoms with Crippen molar-refractivity contribution in [1.82, 2.24) is 10.2 Å². The molecule has 2 aliphatic rings. The van der Waals surface area contributed by atoms with Gasteiger partial charge in [0.25, 0.3) is 5.91 Å². The Labute approximate surface area is 166 Å². The number of carbonyl (C=O) groups is 3. The van der Waals surface area contributed by atoms with Crippen molar-refractivity contribution in [3.8, 4) is 0 Å². The summed E-state index contributed by atoms with van der Waals surface area (Å²) in [6.07, 6.45) is 5.78. The molecule has 1 aromatic rings. The van der Waals surface area contributed by atoms with Crippen LogP contribution in [0.3, 0.4) is 0 Å². The summed E-state index contributed by atoms with van der Waals surface area (Å²) < 4.78 is 4.66. The number of amides is 2. The quantitative estimate of drug-likeness (QED) is 0.731. The van der Waals surface area contributed by atoms with E-state index in [1.54, 1.807) is 0 Å². The smallest absolute Gasteiger partial charge is 0.307 e. The lowest BCUT2D eigenvalue weighted by atomic mass is 9.71. The predicted octanol–water partition coefficient (Wildman–Crippen LogP) is 3.02. The van der Waals surface area contributed by atoms with E-state index in [-0.39, 0.29) is 30.7 Å². The molecule has 1 spiro atoms. The zero-order valence-corrected chi connectivity index (χ0v) is 16.8. The predicted molar refractivity (Wildman–Crippen MR) is 106 cm³/mol. The maximum Gasteiger partial charge on any atom is 0.307 e. The van der Waals surface area contributed by atoms with Gasteiger partial charge in [-0.05, 0) is 30.9 Å². The Morgan fingerprint density at radius 3 is 2.64 bits per heavy atom. The van der Waals surface area contributed by atoms with Gasteiger partial charge in [0.1, 0.15) is 0 Å². The summed E-state index contributed by atoms with van der Waals surface area (Å²) in [5.74, 6) is -0.810. The van der Waals surface area contributed by atoms with Crippen LogP contribution in [-0.2, 0) is 14.3 Å². The molecule has 0 radical (unpaired) electrons. The molecule has 152 valence electrons. The van der Waals surface area contributed by atoms with Crippen LogP contribution in [0.2, 0.25) is 0 Å². The minimum absolute atomic E-state index is 0.0459. The van der Waals surface area contributed by atoms with Crippen molar-refractivity contribution in [3.05, 3.63) is 35.4 Å². The van der Waals surface area contributed by atoms with Crippen LogP contribution in [-0.4, -0.2) is 48.4 Å². The van der Waals surface area contributed by atoms with Crippen LogP contribution in [0.1, 0.15) is 73.7 Å². The maximum absolute atomic E-state index is 13.3. The first-order chi connectivity index (χ1) is 13.5. The number of nitrogens with zero attached hydrogens (tertiary/aromatic N) is 1. The fraction of sp³-hybridized carbons (Fsp3) is 0.591. The van der Waals surface area contributed by atoms with Gasteiger partial charge in [-0.3, -0.25) is 14.4 Å². The fourth-order valence-corrected chi connectivity index (χ4v) is 4.80. The monoisotopic (exact) mass is 386 g/mol. The van der Waals surface area contributed by atoms with E-state index in [1.807, 2.05) is 29.2 Å². The summed E-state index contributed by atoms with van der Waals surface area (Å²) in [6, 6.07) is 7.49. The van der Waals surface area contributed by atoms with E-state index in [9.17, 15) is 14.4 Å². The zero-order valence-electron chi connectivity index (χ0n) is 16.8. The molecule has 6 heteroatoms. The van der Waals surface area contributed by atoms with Gasteiger partial charge < -0.3 is 15.0 Å². The van der Waals surface area contributed by atoms with Crippen LogP contribution < -0.4 is 5.32 Å². The Morgan fingerprint density at radius 1 is 1.25 bits per heavy atom. The lowest BCUT2D eigenvalue weighted by Gasteiger charge is -2.50. The van der Waals surface area contributed by atoms with Gasteiger partial charge in [-0.25, -0.2) is 0 Å². The average Bonchev–Trinajstić information content (AvgIpc) is 3.17. The number of carbonyl (C=O) groups excluding carboxylic acids is 3. The Morgan fingerprint density at radius 2 is 1.96 bits per heavy atom. The molecular formula is C22H30N2O4. The first-order valence-corrected chi connectivity index (χ1v) is 10.3. The summed E-state index contributed by atoms with van der Waals surface area (Å²) >= 11 is 0. The lowest BCUT2D eigenvalue weighted by Crippen LogP contribution is -2.60. The number of rotatable bonds is 7. The molecule has 1 aliphatic heterocycles. The van der Waals surface area contributed by atoms with Gasteiger partial charge in [-0.2, -0.15) is 0 Å². The molecule has 0 aromatic heterocycles. The lowest BCUT2D eigenvalue weighted by molar-refractivity contribution is -0.140. The third-order valence-corrected chi connectivity index (χ3v) is 6.15. The van der Waals surface area contributed by atoms with Crippen molar-refractivity contribution in [2.24, 2.45) is 0 Å². The number of hydrogen-bond donors (Lipinski definition) is 1. The summed E-state index contributed by atoms with van der Waals surface area (Å²) in [6.45, 7) is 3.03. The topological polar surface area (TPSA) is 75.7 Å². The minimum Gasteiger partial charge on any atom is -0.469 e. The van der Waals surface area contributed by atoms with E-state index in [4.69, 9.17) is 0 Å². The summed E-state index contributed by atoms with van der Waals surface area (Å²) in [5, 5.41) is 2.92. The molecule has 1 fully saturated rings. The van der Waals surface area contributed by atoms with E-state index < -0.39 is 11.5 Å². The van der Waals surface area contributed by atoms with Crippen molar-refractivity contribution >= 4 is 17.8 Å². The van der Waals surface area contributed by atoms with Crippen LogP contribution >= 0.6 is 0 Å². The van der Waals surface area contributed by atoms with Crippen LogP contribution in [0.4, 0.5) is 0 Å². The molecular weight excluding hydrogens is 356 g/mol. The number of unbranched alkanes of at least 4 members (excludes halogenated alkanes) is 1. The molecule has 1 aromatic carbocycles. The molecule has 0 unspecified atom stereocenters. The third kappa shape index (κ3) is 3.64. The van der Waals surface area contributed by atoms with Crippen LogP contribution in [0.25, 0.3) is 0 Å². The number of hydrogen-bond acceptors (Lipinski definition) is 4. The fourth-order valence-electron chi connectivity index (χ4n) is 4.80. The van der Waals surface area contributed by atoms with Crippen molar-refractivity contribution in [1.29, 1.82) is 0 Å². The molecule has 1 aliphatic carbocycles. The van der Waals surface area contributed by atoms with Crippen molar-refractivity contribution in [2.75, 3.05) is 20.2 Å². The van der Waals surface area contributed by atoms with Crippen LogP contribution in [0.5, 0.6) is 0 Å². The molecule has 1 atom stereocenters. The molecule has 0 saturated heterocycles. The second-order valence-corrected chi connectivity index (χ2v) is 7.76. The number of benzene rings is 1. The first-order valence-electron chi connectivity index (χ1n) is 10.3. The highest BCUT2D eigenvalue weighted by Gasteiger charge is 2.55. The van der Waals surface area contributed by atoms with E-state index in [0.29, 0.717) is 12.1 Å². The zero-order chi connectivity index (χ0) is 20.1. The van der Waals surface area contributed by atoms with Crippen molar-refractivity contribution in [2.45, 2.75) is 63.3 Å². The molecule has 3 rings (SSSR count). The Bertz CT molecular complexity index is 740. The largest absolute Gasteiger partial charge is 0.469 e. The SMILES string of the molecule is CCCCN1C(=O)c2ccccc2[C@H](C(=O)NCCC(=O)OC)C12CCCC2. The van der Waals surface area contributed by atoms with Gasteiger partial charge in [0, 0.05) is 18.7 Å². The molecule has 2 amide bonds. The summed E-state index contributed by atoms with van der Waals surface area (Å²) in [4.78, 5) is 40.0. The number of nitrogens with one attached hydrogen (secondary N) is 1. The second kappa shape index (κ2) is 8.76. The second-order valence-electron chi connectivity index (χ2n) is 7.76. The molecule has 1 heterocycles. The first kappa shape index (κ1) is 20.4. The van der Waals surface area contributed by atoms with Gasteiger partial charge in [-0.1, -0.05) is 44.4 Å². The van der Waals surface area contributed by atoms with Gasteiger partial charge in [0.15, 0.2) is 0 Å². The van der Waals surface area contributed by atoms with Gasteiger partial charge >= 0.3 is 5.97 Å². The van der Waals surface area contributed by atoms with Crippen molar-refractivity contribution in [3.63, 3.8) is 0 Å². The van der Waals surface area contributed by atoms with E-state index >= 15 is 0 Å². The van der Waals surface area contributed by atoms with Crippen molar-refractivity contribution < 1.29 is 19.1 Å². The maximum atomic E-state index is 13.3. The number of ether oxygens (including phenoxy) is 1. The standard InChI is InChI=1S/C22H30N2O4/c1-3-4-15-24-21(27)17-10-6-5-9-16(17)19(22(24)12-7-8-13-22)20(26)23-14-11-18(25)28-2/h5-6,9-10,19H,3-4,7-8,11-15H2,1-2H3,(H,23,26)/t19-/m1/s1. The normalized spacial score (nSPS) is 20.1. The Balaban J connectivity index is 1.96. The van der Waals surface area contributed by atoms with Crippen LogP contribution in [0.15, 0.2) is 24.3 Å². The highest BCUT2D eigenvalue weighted by molar-refractivity contribution is 6.02. The Kier molecular flexibility index (Phi) is 6.37. The highest BCUT2D eigenvalue weighted by atomic mass is 16.5. The number of fused-ring (bicyclic) bond motifs is 1. The molecule has 0 bridgehead atoms. The number of methoxy groups -OCH3 is 1. The number of esters is 1.